The van der Waals surface area contributed by atoms with Gasteiger partial charge in [-0.05, 0) is 55.3 Å². The summed E-state index contributed by atoms with van der Waals surface area (Å²) >= 11 is 0. The molecular weight excluding hydrogens is 368 g/mol. The van der Waals surface area contributed by atoms with Gasteiger partial charge in [0.1, 0.15) is 5.69 Å². The molecule has 2 heterocycles. The van der Waals surface area contributed by atoms with Crippen molar-refractivity contribution in [2.45, 2.75) is 71.8 Å². The fourth-order valence-corrected chi connectivity index (χ4v) is 5.42. The van der Waals surface area contributed by atoms with Gasteiger partial charge in [-0.3, -0.25) is 4.79 Å². The smallest absolute Gasteiger partial charge is 0.387 e. The predicted molar refractivity (Wildman–Crippen MR) is 101 cm³/mol. The van der Waals surface area contributed by atoms with Crippen molar-refractivity contribution < 1.29 is 18.3 Å². The maximum Gasteiger partial charge on any atom is 0.387 e. The second-order valence-corrected chi connectivity index (χ2v) is 9.04. The van der Waals surface area contributed by atoms with Crippen LogP contribution in [0.25, 0.3) is 0 Å². The molecule has 0 aromatic carbocycles. The van der Waals surface area contributed by atoms with E-state index in [1.54, 1.807) is 0 Å². The minimum atomic E-state index is -3.08. The average Bonchev–Trinajstić information content (AvgIpc) is 2.66. The van der Waals surface area contributed by atoms with Crippen LogP contribution in [0.2, 0.25) is 0 Å². The van der Waals surface area contributed by atoms with E-state index in [1.165, 1.54) is 12.6 Å². The largest absolute Gasteiger partial charge is 0.427 e. The highest BCUT2D eigenvalue weighted by Crippen LogP contribution is 2.61. The summed E-state index contributed by atoms with van der Waals surface area (Å²) in [6, 6.07) is 0.111. The summed E-state index contributed by atoms with van der Waals surface area (Å²) in [4.78, 5) is 12.8. The first-order valence-corrected chi connectivity index (χ1v) is 10.2. The molecule has 0 amide bonds. The molecule has 1 aromatic heterocycles. The number of anilines is 1. The third kappa shape index (κ3) is 3.29. The molecule has 28 heavy (non-hydrogen) atoms. The second kappa shape index (κ2) is 7.28. The van der Waals surface area contributed by atoms with Crippen molar-refractivity contribution in [1.29, 1.82) is 0 Å². The number of ether oxygens (including phenoxy) is 2. The van der Waals surface area contributed by atoms with Gasteiger partial charge >= 0.3 is 12.2 Å². The van der Waals surface area contributed by atoms with Gasteiger partial charge in [0.25, 0.3) is 0 Å². The zero-order chi connectivity index (χ0) is 20.1. The van der Waals surface area contributed by atoms with Crippen molar-refractivity contribution in [3.63, 3.8) is 0 Å². The van der Waals surface area contributed by atoms with Crippen LogP contribution in [0.5, 0.6) is 5.75 Å². The molecule has 1 aliphatic heterocycles. The Kier molecular flexibility index (Phi) is 5.10. The Balaban J connectivity index is 1.60. The van der Waals surface area contributed by atoms with Crippen molar-refractivity contribution in [3.05, 3.63) is 16.6 Å². The topological polar surface area (TPSA) is 65.4 Å². The normalized spacial score (nSPS) is 34.0. The number of fused-ring (bicyclic) bond motifs is 2. The van der Waals surface area contributed by atoms with Gasteiger partial charge < -0.3 is 14.8 Å². The van der Waals surface area contributed by atoms with Crippen LogP contribution in [0, 0.1) is 23.2 Å². The van der Waals surface area contributed by atoms with E-state index in [4.69, 9.17) is 4.74 Å². The minimum Gasteiger partial charge on any atom is -0.427 e. The molecule has 2 bridgehead atoms. The summed E-state index contributed by atoms with van der Waals surface area (Å²) < 4.78 is 37.4. The number of aromatic nitrogens is 2. The van der Waals surface area contributed by atoms with Gasteiger partial charge in [-0.1, -0.05) is 20.8 Å². The van der Waals surface area contributed by atoms with E-state index < -0.39 is 18.4 Å². The van der Waals surface area contributed by atoms with Crippen LogP contribution in [-0.4, -0.2) is 29.0 Å². The third-order valence-electron chi connectivity index (χ3n) is 7.29. The van der Waals surface area contributed by atoms with Crippen molar-refractivity contribution in [2.75, 3.05) is 11.9 Å². The first kappa shape index (κ1) is 19.6. The van der Waals surface area contributed by atoms with Gasteiger partial charge in [-0.2, -0.15) is 18.6 Å². The molecule has 5 atom stereocenters. The van der Waals surface area contributed by atoms with Crippen molar-refractivity contribution >= 4 is 5.69 Å². The molecular formula is C20H29F2N3O3. The van der Waals surface area contributed by atoms with Gasteiger partial charge in [-0.25, -0.2) is 0 Å². The molecule has 1 N–H and O–H groups in total. The first-order chi connectivity index (χ1) is 13.3. The molecule has 2 unspecified atom stereocenters. The molecule has 0 radical (unpaired) electrons. The van der Waals surface area contributed by atoms with Crippen LogP contribution in [0.15, 0.2) is 11.0 Å². The Hall–Kier alpha value is -1.70. The lowest BCUT2D eigenvalue weighted by Crippen LogP contribution is -2.58. The zero-order valence-corrected chi connectivity index (χ0v) is 16.7. The molecule has 8 heteroatoms. The van der Waals surface area contributed by atoms with E-state index in [0.717, 1.165) is 23.9 Å². The molecule has 1 saturated heterocycles. The van der Waals surface area contributed by atoms with Gasteiger partial charge in [0.15, 0.2) is 6.23 Å². The highest BCUT2D eigenvalue weighted by Gasteiger charge is 2.56. The molecule has 4 fully saturated rings. The first-order valence-electron chi connectivity index (χ1n) is 10.2. The number of hydrogen-bond acceptors (Lipinski definition) is 5. The Morgan fingerprint density at radius 2 is 2.14 bits per heavy atom. The standard InChI is InChI=1S/C20H29F2N3O3/c1-11-13-8-12(20(13,2)3)9-14(11)24-15-10-23-25(16-6-4-5-7-27-16)18(26)17(15)28-19(21)22/h10-14,16,19,24H,4-9H2,1-3H3/t11-,12+,13-,14?,16?/m1/s1. The number of halogens is 2. The van der Waals surface area contributed by atoms with Crippen molar-refractivity contribution in [3.8, 4) is 5.75 Å². The van der Waals surface area contributed by atoms with Gasteiger partial charge in [-0.15, -0.1) is 0 Å². The summed E-state index contributed by atoms with van der Waals surface area (Å²) in [6.07, 6.45) is 5.52. The van der Waals surface area contributed by atoms with Crippen molar-refractivity contribution in [1.82, 2.24) is 9.78 Å². The Bertz CT molecular complexity index is 776. The number of nitrogens with one attached hydrogen (secondary N) is 1. The van der Waals surface area contributed by atoms with Crippen molar-refractivity contribution in [2.24, 2.45) is 23.2 Å². The molecule has 0 spiro atoms. The van der Waals surface area contributed by atoms with E-state index >= 15 is 0 Å². The minimum absolute atomic E-state index is 0.111. The highest BCUT2D eigenvalue weighted by molar-refractivity contribution is 5.54. The van der Waals surface area contributed by atoms with Crippen LogP contribution in [0.1, 0.15) is 59.1 Å². The lowest BCUT2D eigenvalue weighted by molar-refractivity contribution is -0.105. The quantitative estimate of drug-likeness (QED) is 0.813. The van der Waals surface area contributed by atoms with Crippen LogP contribution in [-0.2, 0) is 4.74 Å². The van der Waals surface area contributed by atoms with Crippen LogP contribution in [0.4, 0.5) is 14.5 Å². The molecule has 1 aromatic rings. The summed E-state index contributed by atoms with van der Waals surface area (Å²) in [5.41, 5.74) is -0.112. The van der Waals surface area contributed by atoms with Crippen LogP contribution >= 0.6 is 0 Å². The fraction of sp³-hybridized carbons (Fsp3) is 0.800. The maximum atomic E-state index is 13.0. The van der Waals surface area contributed by atoms with E-state index in [0.29, 0.717) is 36.2 Å². The van der Waals surface area contributed by atoms with Crippen LogP contribution < -0.4 is 15.6 Å². The Morgan fingerprint density at radius 3 is 2.75 bits per heavy atom. The number of alkyl halides is 2. The molecule has 6 nitrogen and oxygen atoms in total. The van der Waals surface area contributed by atoms with E-state index in [1.807, 2.05) is 0 Å². The van der Waals surface area contributed by atoms with Gasteiger partial charge in [0.2, 0.25) is 5.75 Å². The maximum absolute atomic E-state index is 13.0. The van der Waals surface area contributed by atoms with E-state index in [9.17, 15) is 13.6 Å². The van der Waals surface area contributed by atoms with Crippen LogP contribution in [0.3, 0.4) is 0 Å². The fourth-order valence-electron chi connectivity index (χ4n) is 5.42. The van der Waals surface area contributed by atoms with Gasteiger partial charge in [0.05, 0.1) is 6.20 Å². The molecule has 5 rings (SSSR count). The van der Waals surface area contributed by atoms with E-state index in [-0.39, 0.29) is 17.5 Å². The molecule has 3 aliphatic carbocycles. The lowest BCUT2D eigenvalue weighted by atomic mass is 9.45. The number of hydrogen-bond donors (Lipinski definition) is 1. The molecule has 3 saturated carbocycles. The second-order valence-electron chi connectivity index (χ2n) is 9.04. The number of nitrogens with zero attached hydrogens (tertiary/aromatic N) is 2. The SMILES string of the molecule is C[C@H]1C(Nc2cnn(C3CCCCO3)c(=O)c2OC(F)F)C[C@@H]2C[C@H]1C2(C)C. The monoisotopic (exact) mass is 397 g/mol. The Morgan fingerprint density at radius 1 is 1.36 bits per heavy atom. The predicted octanol–water partition coefficient (Wildman–Crippen LogP) is 4.03. The molecule has 156 valence electrons. The molecule has 4 aliphatic rings. The summed E-state index contributed by atoms with van der Waals surface area (Å²) in [6.45, 7) is 4.25. The summed E-state index contributed by atoms with van der Waals surface area (Å²) in [7, 11) is 0. The summed E-state index contributed by atoms with van der Waals surface area (Å²) in [5.74, 6) is 1.20. The zero-order valence-electron chi connectivity index (χ0n) is 16.7. The number of rotatable bonds is 5. The van der Waals surface area contributed by atoms with Gasteiger partial charge in [0, 0.05) is 12.6 Å². The highest BCUT2D eigenvalue weighted by atomic mass is 19.3. The average molecular weight is 397 g/mol. The summed E-state index contributed by atoms with van der Waals surface area (Å²) in [5, 5.41) is 7.51. The third-order valence-corrected chi connectivity index (χ3v) is 7.29. The lowest BCUT2D eigenvalue weighted by Gasteiger charge is -2.62. The van der Waals surface area contributed by atoms with E-state index in [2.05, 4.69) is 35.9 Å². The Labute approximate surface area is 163 Å².